The third-order valence-electron chi connectivity index (χ3n) is 4.59. The third-order valence-corrected chi connectivity index (χ3v) is 5.34. The largest absolute Gasteiger partial charge is 0.508 e. The van der Waals surface area contributed by atoms with Crippen molar-refractivity contribution in [3.63, 3.8) is 0 Å². The Bertz CT molecular complexity index is 682. The van der Waals surface area contributed by atoms with E-state index in [1.54, 1.807) is 23.9 Å². The SMILES string of the molecule is CSc1ccc(C(=O)[C@H]2CCCN(Cc3ccc(O)cc3)C2)cc1. The molecule has 126 valence electrons. The summed E-state index contributed by atoms with van der Waals surface area (Å²) in [5, 5.41) is 9.38. The number of likely N-dealkylation sites (tertiary alicyclic amines) is 1. The van der Waals surface area contributed by atoms with Gasteiger partial charge < -0.3 is 5.11 Å². The van der Waals surface area contributed by atoms with Crippen LogP contribution in [0.2, 0.25) is 0 Å². The molecule has 1 N–H and O–H groups in total. The van der Waals surface area contributed by atoms with Gasteiger partial charge in [-0.1, -0.05) is 24.3 Å². The van der Waals surface area contributed by atoms with E-state index in [-0.39, 0.29) is 11.7 Å². The lowest BCUT2D eigenvalue weighted by Crippen LogP contribution is -2.38. The number of carbonyl (C=O) groups is 1. The minimum absolute atomic E-state index is 0.0796. The fourth-order valence-corrected chi connectivity index (χ4v) is 3.67. The first-order chi connectivity index (χ1) is 11.7. The van der Waals surface area contributed by atoms with Crippen molar-refractivity contribution in [1.82, 2.24) is 4.90 Å². The first-order valence-corrected chi connectivity index (χ1v) is 9.56. The van der Waals surface area contributed by atoms with Crippen molar-refractivity contribution >= 4 is 17.5 Å². The molecule has 1 saturated heterocycles. The Balaban J connectivity index is 1.63. The van der Waals surface area contributed by atoms with Crippen molar-refractivity contribution in [3.8, 4) is 5.75 Å². The van der Waals surface area contributed by atoms with Gasteiger partial charge in [-0.3, -0.25) is 9.69 Å². The Morgan fingerprint density at radius 2 is 1.88 bits per heavy atom. The summed E-state index contributed by atoms with van der Waals surface area (Å²) in [6.45, 7) is 2.66. The van der Waals surface area contributed by atoms with Gasteiger partial charge in [-0.2, -0.15) is 0 Å². The highest BCUT2D eigenvalue weighted by molar-refractivity contribution is 7.98. The van der Waals surface area contributed by atoms with Gasteiger partial charge >= 0.3 is 0 Å². The molecule has 2 aromatic carbocycles. The number of ketones is 1. The number of carbonyl (C=O) groups excluding carboxylic acids is 1. The maximum atomic E-state index is 12.8. The summed E-state index contributed by atoms with van der Waals surface area (Å²) in [4.78, 5) is 16.3. The Morgan fingerprint density at radius 3 is 2.54 bits per heavy atom. The molecular weight excluding hydrogens is 318 g/mol. The van der Waals surface area contributed by atoms with Crippen LogP contribution in [0.1, 0.15) is 28.8 Å². The van der Waals surface area contributed by atoms with Crippen LogP contribution in [0, 0.1) is 5.92 Å². The van der Waals surface area contributed by atoms with Gasteiger partial charge in [0.15, 0.2) is 5.78 Å². The molecule has 0 bridgehead atoms. The lowest BCUT2D eigenvalue weighted by Gasteiger charge is -2.32. The fourth-order valence-electron chi connectivity index (χ4n) is 3.26. The maximum absolute atomic E-state index is 12.8. The fraction of sp³-hybridized carbons (Fsp3) is 0.350. The Kier molecular flexibility index (Phi) is 5.59. The molecule has 4 heteroatoms. The predicted molar refractivity (Wildman–Crippen MR) is 98.7 cm³/mol. The van der Waals surface area contributed by atoms with E-state index in [1.807, 2.05) is 42.7 Å². The van der Waals surface area contributed by atoms with E-state index in [2.05, 4.69) is 4.90 Å². The number of piperidine rings is 1. The molecule has 0 amide bonds. The van der Waals surface area contributed by atoms with Crippen molar-refractivity contribution in [3.05, 3.63) is 59.7 Å². The van der Waals surface area contributed by atoms with Gasteiger partial charge in [0.25, 0.3) is 0 Å². The molecule has 1 aliphatic heterocycles. The molecule has 1 heterocycles. The minimum atomic E-state index is 0.0796. The summed E-state index contributed by atoms with van der Waals surface area (Å²) >= 11 is 1.69. The van der Waals surface area contributed by atoms with Gasteiger partial charge in [0.2, 0.25) is 0 Å². The molecular formula is C20H23NO2S. The monoisotopic (exact) mass is 341 g/mol. The van der Waals surface area contributed by atoms with Gasteiger partial charge in [0.1, 0.15) is 5.75 Å². The van der Waals surface area contributed by atoms with Crippen molar-refractivity contribution in [2.75, 3.05) is 19.3 Å². The van der Waals surface area contributed by atoms with E-state index in [1.165, 1.54) is 10.5 Å². The number of nitrogens with zero attached hydrogens (tertiary/aromatic N) is 1. The Morgan fingerprint density at radius 1 is 1.17 bits per heavy atom. The van der Waals surface area contributed by atoms with Crippen LogP contribution in [0.15, 0.2) is 53.4 Å². The second-order valence-corrected chi connectivity index (χ2v) is 7.21. The summed E-state index contributed by atoms with van der Waals surface area (Å²) in [5.41, 5.74) is 1.99. The average molecular weight is 341 g/mol. The number of rotatable bonds is 5. The molecule has 2 aromatic rings. The molecule has 0 saturated carbocycles. The molecule has 0 aromatic heterocycles. The number of hydrogen-bond acceptors (Lipinski definition) is 4. The molecule has 0 unspecified atom stereocenters. The number of Topliss-reactive ketones (excluding diaryl/α,β-unsaturated/α-hetero) is 1. The number of hydrogen-bond donors (Lipinski definition) is 1. The van der Waals surface area contributed by atoms with Gasteiger partial charge in [0.05, 0.1) is 0 Å². The Labute approximate surface area is 147 Å². The topological polar surface area (TPSA) is 40.5 Å². The smallest absolute Gasteiger partial charge is 0.167 e. The van der Waals surface area contributed by atoms with Crippen molar-refractivity contribution in [1.29, 1.82) is 0 Å². The second-order valence-electron chi connectivity index (χ2n) is 6.33. The third kappa shape index (κ3) is 4.19. The average Bonchev–Trinajstić information content (AvgIpc) is 2.63. The molecule has 1 fully saturated rings. The number of thioether (sulfide) groups is 1. The van der Waals surface area contributed by atoms with Crippen molar-refractivity contribution < 1.29 is 9.90 Å². The second kappa shape index (κ2) is 7.86. The van der Waals surface area contributed by atoms with Gasteiger partial charge in [-0.15, -0.1) is 11.8 Å². The zero-order valence-corrected chi connectivity index (χ0v) is 14.8. The molecule has 0 radical (unpaired) electrons. The first kappa shape index (κ1) is 17.1. The van der Waals surface area contributed by atoms with Crippen LogP contribution in [0.4, 0.5) is 0 Å². The van der Waals surface area contributed by atoms with Crippen LogP contribution in [0.25, 0.3) is 0 Å². The van der Waals surface area contributed by atoms with E-state index in [4.69, 9.17) is 0 Å². The summed E-state index contributed by atoms with van der Waals surface area (Å²) < 4.78 is 0. The van der Waals surface area contributed by atoms with Crippen molar-refractivity contribution in [2.45, 2.75) is 24.3 Å². The summed E-state index contributed by atoms with van der Waals surface area (Å²) in [5.74, 6) is 0.633. The molecule has 1 aliphatic rings. The normalized spacial score (nSPS) is 18.5. The van der Waals surface area contributed by atoms with Crippen LogP contribution in [0.5, 0.6) is 5.75 Å². The maximum Gasteiger partial charge on any atom is 0.167 e. The number of phenols is 1. The molecule has 1 atom stereocenters. The van der Waals surface area contributed by atoms with E-state index in [0.717, 1.165) is 38.0 Å². The number of benzene rings is 2. The predicted octanol–water partition coefficient (Wildman–Crippen LogP) is 4.21. The summed E-state index contributed by atoms with van der Waals surface area (Å²) in [6.07, 6.45) is 4.06. The highest BCUT2D eigenvalue weighted by atomic mass is 32.2. The summed E-state index contributed by atoms with van der Waals surface area (Å²) in [6, 6.07) is 15.3. The van der Waals surface area contributed by atoms with E-state index >= 15 is 0 Å². The Hall–Kier alpha value is -1.78. The van der Waals surface area contributed by atoms with E-state index < -0.39 is 0 Å². The summed E-state index contributed by atoms with van der Waals surface area (Å²) in [7, 11) is 0. The lowest BCUT2D eigenvalue weighted by molar-refractivity contribution is 0.0811. The minimum Gasteiger partial charge on any atom is -0.508 e. The molecule has 3 nitrogen and oxygen atoms in total. The lowest BCUT2D eigenvalue weighted by atomic mass is 9.90. The first-order valence-electron chi connectivity index (χ1n) is 8.34. The van der Waals surface area contributed by atoms with Crippen LogP contribution in [-0.2, 0) is 6.54 Å². The standard InChI is InChI=1S/C20H23NO2S/c1-24-19-10-6-16(7-11-19)20(23)17-3-2-12-21(14-17)13-15-4-8-18(22)9-5-15/h4-11,17,22H,2-3,12-14H2,1H3/t17-/m0/s1. The number of aromatic hydroxyl groups is 1. The van der Waals surface area contributed by atoms with Crippen LogP contribution < -0.4 is 0 Å². The number of phenolic OH excluding ortho intramolecular Hbond substituents is 1. The highest BCUT2D eigenvalue weighted by Gasteiger charge is 2.26. The zero-order valence-electron chi connectivity index (χ0n) is 13.9. The highest BCUT2D eigenvalue weighted by Crippen LogP contribution is 2.24. The molecule has 3 rings (SSSR count). The van der Waals surface area contributed by atoms with Crippen LogP contribution in [0.3, 0.4) is 0 Å². The van der Waals surface area contributed by atoms with E-state index in [0.29, 0.717) is 5.75 Å². The zero-order chi connectivity index (χ0) is 16.9. The van der Waals surface area contributed by atoms with Crippen LogP contribution >= 0.6 is 11.8 Å². The van der Waals surface area contributed by atoms with Crippen molar-refractivity contribution in [2.24, 2.45) is 5.92 Å². The molecule has 0 aliphatic carbocycles. The van der Waals surface area contributed by atoms with Gasteiger partial charge in [-0.25, -0.2) is 0 Å². The van der Waals surface area contributed by atoms with Crippen LogP contribution in [-0.4, -0.2) is 35.1 Å². The van der Waals surface area contributed by atoms with Gasteiger partial charge in [0, 0.05) is 29.5 Å². The molecule has 0 spiro atoms. The van der Waals surface area contributed by atoms with Gasteiger partial charge in [-0.05, 0) is 55.5 Å². The quantitative estimate of drug-likeness (QED) is 0.653. The molecule has 24 heavy (non-hydrogen) atoms. The van der Waals surface area contributed by atoms with E-state index in [9.17, 15) is 9.90 Å².